The lowest BCUT2D eigenvalue weighted by Crippen LogP contribution is -2.48. The molecule has 0 spiro atoms. The van der Waals surface area contributed by atoms with E-state index in [9.17, 15) is 4.79 Å². The first-order chi connectivity index (χ1) is 14.5. The predicted molar refractivity (Wildman–Crippen MR) is 122 cm³/mol. The average Bonchev–Trinajstić information content (AvgIpc) is 2.73. The van der Waals surface area contributed by atoms with Gasteiger partial charge < -0.3 is 0 Å². The number of aromatic nitrogens is 2. The molecule has 1 aliphatic rings. The van der Waals surface area contributed by atoms with Gasteiger partial charge in [-0.15, -0.1) is 0 Å². The highest BCUT2D eigenvalue weighted by atomic mass is 16.1. The van der Waals surface area contributed by atoms with Gasteiger partial charge in [0.1, 0.15) is 0 Å². The molecule has 0 saturated carbocycles. The smallest absolute Gasteiger partial charge is 0.259 e. The molecule has 0 radical (unpaired) electrons. The summed E-state index contributed by atoms with van der Waals surface area (Å²) in [5.74, 6) is 0.748. The Morgan fingerprint density at radius 3 is 2.47 bits per heavy atom. The van der Waals surface area contributed by atoms with Crippen LogP contribution < -0.4 is 10.5 Å². The van der Waals surface area contributed by atoms with Crippen molar-refractivity contribution >= 4 is 11.6 Å². The third-order valence-corrected chi connectivity index (χ3v) is 5.93. The molecule has 2 aromatic carbocycles. The molecule has 0 unspecified atom stereocenters. The van der Waals surface area contributed by atoms with Crippen LogP contribution in [-0.2, 0) is 19.5 Å². The minimum atomic E-state index is 0.0826. The standard InChI is InChI=1S/C25H30N4O/c1-5-22-20(4)26-25-28(23-12-11-18(2)15-19(23)3)16-27(17-29(25)24(22)30)14-13-21-9-7-6-8-10-21/h6-12,15H,5,13-14,16-17H2,1-4H3. The summed E-state index contributed by atoms with van der Waals surface area (Å²) < 4.78 is 1.85. The molecule has 1 aliphatic heterocycles. The summed E-state index contributed by atoms with van der Waals surface area (Å²) in [4.78, 5) is 22.7. The molecule has 156 valence electrons. The number of benzene rings is 2. The van der Waals surface area contributed by atoms with E-state index in [1.807, 2.05) is 24.5 Å². The normalized spacial score (nSPS) is 14.1. The van der Waals surface area contributed by atoms with Crippen LogP contribution >= 0.6 is 0 Å². The lowest BCUT2D eigenvalue weighted by molar-refractivity contribution is 0.200. The average molecular weight is 403 g/mol. The van der Waals surface area contributed by atoms with Crippen LogP contribution in [0.5, 0.6) is 0 Å². The fourth-order valence-electron chi connectivity index (χ4n) is 4.30. The number of anilines is 2. The summed E-state index contributed by atoms with van der Waals surface area (Å²) >= 11 is 0. The SMILES string of the molecule is CCc1c(C)nc2n(c1=O)CN(CCc1ccccc1)CN2c1ccc(C)cc1C. The van der Waals surface area contributed by atoms with E-state index in [-0.39, 0.29) is 5.56 Å². The summed E-state index contributed by atoms with van der Waals surface area (Å²) in [5.41, 5.74) is 6.57. The molecule has 0 fully saturated rings. The van der Waals surface area contributed by atoms with E-state index < -0.39 is 0 Å². The Morgan fingerprint density at radius 1 is 1.00 bits per heavy atom. The molecule has 30 heavy (non-hydrogen) atoms. The van der Waals surface area contributed by atoms with Crippen LogP contribution in [-0.4, -0.2) is 27.7 Å². The van der Waals surface area contributed by atoms with E-state index in [1.54, 1.807) is 0 Å². The van der Waals surface area contributed by atoms with Crippen molar-refractivity contribution < 1.29 is 0 Å². The quantitative estimate of drug-likeness (QED) is 0.637. The molecule has 0 amide bonds. The molecular weight excluding hydrogens is 372 g/mol. The highest BCUT2D eigenvalue weighted by Gasteiger charge is 2.28. The highest BCUT2D eigenvalue weighted by Crippen LogP contribution is 2.30. The Labute approximate surface area is 178 Å². The predicted octanol–water partition coefficient (Wildman–Crippen LogP) is 4.34. The van der Waals surface area contributed by atoms with Crippen molar-refractivity contribution in [3.8, 4) is 0 Å². The molecule has 2 heterocycles. The highest BCUT2D eigenvalue weighted by molar-refractivity contribution is 5.63. The van der Waals surface area contributed by atoms with Crippen molar-refractivity contribution in [3.63, 3.8) is 0 Å². The van der Waals surface area contributed by atoms with Crippen LogP contribution in [0.15, 0.2) is 53.3 Å². The molecule has 3 aromatic rings. The van der Waals surface area contributed by atoms with Gasteiger partial charge >= 0.3 is 0 Å². The van der Waals surface area contributed by atoms with Crippen molar-refractivity contribution in [2.75, 3.05) is 18.1 Å². The molecule has 0 N–H and O–H groups in total. The van der Waals surface area contributed by atoms with Crippen LogP contribution in [0.25, 0.3) is 0 Å². The summed E-state index contributed by atoms with van der Waals surface area (Å²) in [6.07, 6.45) is 1.65. The Kier molecular flexibility index (Phi) is 5.73. The second-order valence-electron chi connectivity index (χ2n) is 8.19. The van der Waals surface area contributed by atoms with E-state index in [0.29, 0.717) is 19.8 Å². The number of hydrogen-bond acceptors (Lipinski definition) is 4. The Hall–Kier alpha value is -2.92. The molecule has 0 bridgehead atoms. The van der Waals surface area contributed by atoms with E-state index >= 15 is 0 Å². The minimum absolute atomic E-state index is 0.0826. The van der Waals surface area contributed by atoms with E-state index in [1.165, 1.54) is 16.7 Å². The van der Waals surface area contributed by atoms with Crippen molar-refractivity contribution in [1.29, 1.82) is 0 Å². The van der Waals surface area contributed by atoms with Gasteiger partial charge in [0.2, 0.25) is 5.95 Å². The van der Waals surface area contributed by atoms with Gasteiger partial charge in [0, 0.05) is 23.5 Å². The molecule has 0 saturated heterocycles. The lowest BCUT2D eigenvalue weighted by atomic mass is 10.1. The topological polar surface area (TPSA) is 41.4 Å². The number of rotatable bonds is 5. The van der Waals surface area contributed by atoms with Gasteiger partial charge in [-0.25, -0.2) is 4.98 Å². The number of fused-ring (bicyclic) bond motifs is 1. The van der Waals surface area contributed by atoms with Crippen LogP contribution in [0, 0.1) is 20.8 Å². The molecule has 4 rings (SSSR count). The van der Waals surface area contributed by atoms with E-state index in [2.05, 4.69) is 66.1 Å². The summed E-state index contributed by atoms with van der Waals surface area (Å²) in [7, 11) is 0. The summed E-state index contributed by atoms with van der Waals surface area (Å²) in [6.45, 7) is 10.4. The van der Waals surface area contributed by atoms with Crippen molar-refractivity contribution in [3.05, 3.63) is 86.8 Å². The number of hydrogen-bond donors (Lipinski definition) is 0. The van der Waals surface area contributed by atoms with E-state index in [4.69, 9.17) is 4.98 Å². The monoisotopic (exact) mass is 402 g/mol. The third-order valence-electron chi connectivity index (χ3n) is 5.93. The van der Waals surface area contributed by atoms with Crippen molar-refractivity contribution in [1.82, 2.24) is 14.5 Å². The van der Waals surface area contributed by atoms with Gasteiger partial charge in [-0.3, -0.25) is 19.2 Å². The Bertz CT molecular complexity index is 1100. The van der Waals surface area contributed by atoms with Crippen LogP contribution in [0.2, 0.25) is 0 Å². The Morgan fingerprint density at radius 2 is 1.77 bits per heavy atom. The molecule has 5 nitrogen and oxygen atoms in total. The van der Waals surface area contributed by atoms with Gasteiger partial charge in [-0.2, -0.15) is 0 Å². The van der Waals surface area contributed by atoms with Crippen LogP contribution in [0.1, 0.15) is 34.9 Å². The lowest BCUT2D eigenvalue weighted by Gasteiger charge is -2.39. The minimum Gasteiger partial charge on any atom is -0.298 e. The fraction of sp³-hybridized carbons (Fsp3) is 0.360. The molecule has 0 aliphatic carbocycles. The molecule has 1 aromatic heterocycles. The third kappa shape index (κ3) is 3.90. The maximum absolute atomic E-state index is 13.3. The van der Waals surface area contributed by atoms with Crippen LogP contribution in [0.3, 0.4) is 0 Å². The van der Waals surface area contributed by atoms with Gasteiger partial charge in [-0.05, 0) is 50.8 Å². The fourth-order valence-corrected chi connectivity index (χ4v) is 4.30. The second kappa shape index (κ2) is 8.44. The van der Waals surface area contributed by atoms with Crippen LogP contribution in [0.4, 0.5) is 11.6 Å². The molecule has 0 atom stereocenters. The van der Waals surface area contributed by atoms with Gasteiger partial charge in [-0.1, -0.05) is 55.0 Å². The summed E-state index contributed by atoms with van der Waals surface area (Å²) in [5, 5.41) is 0. The van der Waals surface area contributed by atoms with Gasteiger partial charge in [0.25, 0.3) is 5.56 Å². The van der Waals surface area contributed by atoms with Gasteiger partial charge in [0.15, 0.2) is 0 Å². The molecule has 5 heteroatoms. The van der Waals surface area contributed by atoms with E-state index in [0.717, 1.165) is 35.9 Å². The first-order valence-corrected chi connectivity index (χ1v) is 10.7. The maximum atomic E-state index is 13.3. The zero-order valence-corrected chi connectivity index (χ0v) is 18.4. The van der Waals surface area contributed by atoms with Crippen molar-refractivity contribution in [2.24, 2.45) is 0 Å². The largest absolute Gasteiger partial charge is 0.298 e. The zero-order valence-electron chi connectivity index (χ0n) is 18.4. The Balaban J connectivity index is 1.74. The van der Waals surface area contributed by atoms with Gasteiger partial charge in [0.05, 0.1) is 13.3 Å². The zero-order chi connectivity index (χ0) is 21.3. The number of aryl methyl sites for hydroxylation is 3. The van der Waals surface area contributed by atoms with Crippen molar-refractivity contribution in [2.45, 2.75) is 47.2 Å². The number of nitrogens with zero attached hydrogens (tertiary/aromatic N) is 4. The molecular formula is C25H30N4O. The first-order valence-electron chi connectivity index (χ1n) is 10.7. The second-order valence-corrected chi connectivity index (χ2v) is 8.19. The first kappa shape index (κ1) is 20.4. The summed E-state index contributed by atoms with van der Waals surface area (Å²) in [6, 6.07) is 17.0. The maximum Gasteiger partial charge on any atom is 0.259 e.